The number of rotatable bonds is 5. The molecule has 0 saturated carbocycles. The van der Waals surface area contributed by atoms with Crippen molar-refractivity contribution in [3.8, 4) is 0 Å². The monoisotopic (exact) mass is 259 g/mol. The second kappa shape index (κ2) is 5.30. The summed E-state index contributed by atoms with van der Waals surface area (Å²) in [7, 11) is 0. The molecule has 0 unspecified atom stereocenters. The maximum absolute atomic E-state index is 13.6. The Kier molecular flexibility index (Phi) is 4.24. The Bertz CT molecular complexity index is 461. The molecule has 1 aromatic carbocycles. The van der Waals surface area contributed by atoms with E-state index >= 15 is 0 Å². The second-order valence-electron chi connectivity index (χ2n) is 4.58. The topological polar surface area (TPSA) is 69.6 Å². The maximum atomic E-state index is 13.6. The van der Waals surface area contributed by atoms with Gasteiger partial charge in [0.1, 0.15) is 0 Å². The minimum atomic E-state index is -1.52. The van der Waals surface area contributed by atoms with Crippen molar-refractivity contribution >= 4 is 11.7 Å². The average molecular weight is 259 g/mol. The second-order valence-corrected chi connectivity index (χ2v) is 4.58. The van der Waals surface area contributed by atoms with E-state index in [2.05, 4.69) is 5.32 Å². The number of hydrogen-bond acceptors (Lipinski definition) is 3. The van der Waals surface area contributed by atoms with Gasteiger partial charge in [-0.1, -0.05) is 0 Å². The predicted octanol–water partition coefficient (Wildman–Crippen LogP) is 2.24. The molecule has 0 aliphatic heterocycles. The van der Waals surface area contributed by atoms with Gasteiger partial charge in [0.2, 0.25) is 0 Å². The van der Waals surface area contributed by atoms with E-state index in [1.807, 2.05) is 0 Å². The third-order valence-electron chi connectivity index (χ3n) is 2.52. The smallest absolute Gasteiger partial charge is 0.338 e. The lowest BCUT2D eigenvalue weighted by atomic mass is 10.0. The van der Waals surface area contributed by atoms with Crippen LogP contribution >= 0.6 is 0 Å². The highest BCUT2D eigenvalue weighted by molar-refractivity contribution is 5.88. The van der Waals surface area contributed by atoms with Crippen LogP contribution in [0.5, 0.6) is 0 Å². The molecule has 0 fully saturated rings. The Morgan fingerprint density at radius 3 is 2.44 bits per heavy atom. The van der Waals surface area contributed by atoms with E-state index in [-0.39, 0.29) is 12.3 Å². The van der Waals surface area contributed by atoms with Crippen LogP contribution in [-0.2, 0) is 0 Å². The van der Waals surface area contributed by atoms with Crippen molar-refractivity contribution in [2.24, 2.45) is 0 Å². The number of hydrogen-bond donors (Lipinski definition) is 3. The van der Waals surface area contributed by atoms with Gasteiger partial charge in [-0.15, -0.1) is 0 Å². The van der Waals surface area contributed by atoms with Gasteiger partial charge in [-0.3, -0.25) is 0 Å². The number of aromatic carboxylic acids is 1. The first kappa shape index (κ1) is 14.4. The third kappa shape index (κ3) is 3.16. The first-order valence-electron chi connectivity index (χ1n) is 5.39. The molecule has 0 radical (unpaired) electrons. The highest BCUT2D eigenvalue weighted by Gasteiger charge is 2.22. The number of halogens is 2. The normalized spacial score (nSPS) is 11.4. The number of aliphatic hydroxyl groups is 1. The van der Waals surface area contributed by atoms with Crippen LogP contribution in [-0.4, -0.2) is 28.3 Å². The van der Waals surface area contributed by atoms with Crippen molar-refractivity contribution in [3.05, 3.63) is 29.3 Å². The Labute approximate surface area is 103 Å². The summed E-state index contributed by atoms with van der Waals surface area (Å²) in [6.07, 6.45) is 0.342. The maximum Gasteiger partial charge on any atom is 0.338 e. The zero-order chi connectivity index (χ0) is 13.9. The van der Waals surface area contributed by atoms with Crippen molar-refractivity contribution in [2.45, 2.75) is 25.8 Å². The Morgan fingerprint density at radius 2 is 1.94 bits per heavy atom. The number of anilines is 1. The van der Waals surface area contributed by atoms with Crippen LogP contribution in [0.4, 0.5) is 14.5 Å². The molecule has 4 nitrogen and oxygen atoms in total. The Balaban J connectivity index is 3.06. The summed E-state index contributed by atoms with van der Waals surface area (Å²) in [5.74, 6) is -4.15. The molecule has 0 aromatic heterocycles. The van der Waals surface area contributed by atoms with E-state index in [0.29, 0.717) is 6.42 Å². The van der Waals surface area contributed by atoms with Gasteiger partial charge in [-0.05, 0) is 32.4 Å². The molecule has 0 aliphatic rings. The zero-order valence-corrected chi connectivity index (χ0v) is 10.1. The standard InChI is InChI=1S/C12H15F2NO3/c1-12(2,5-6-16)15-8-4-3-7(11(17)18)9(13)10(8)14/h3-4,15-16H,5-6H2,1-2H3,(H,17,18). The molecular formula is C12H15F2NO3. The van der Waals surface area contributed by atoms with Crippen LogP contribution < -0.4 is 5.32 Å². The molecule has 18 heavy (non-hydrogen) atoms. The van der Waals surface area contributed by atoms with E-state index in [9.17, 15) is 13.6 Å². The van der Waals surface area contributed by atoms with Crippen LogP contribution in [0, 0.1) is 11.6 Å². The molecule has 0 spiro atoms. The summed E-state index contributed by atoms with van der Waals surface area (Å²) >= 11 is 0. The van der Waals surface area contributed by atoms with Crippen LogP contribution in [0.25, 0.3) is 0 Å². The fraction of sp³-hybridized carbons (Fsp3) is 0.417. The van der Waals surface area contributed by atoms with Crippen LogP contribution in [0.15, 0.2) is 12.1 Å². The minimum Gasteiger partial charge on any atom is -0.478 e. The van der Waals surface area contributed by atoms with E-state index in [1.165, 1.54) is 6.07 Å². The van der Waals surface area contributed by atoms with Gasteiger partial charge in [-0.2, -0.15) is 0 Å². The van der Waals surface area contributed by atoms with Gasteiger partial charge in [0.25, 0.3) is 0 Å². The lowest BCUT2D eigenvalue weighted by Gasteiger charge is -2.27. The lowest BCUT2D eigenvalue weighted by molar-refractivity contribution is 0.0690. The number of carboxylic acid groups (broad SMARTS) is 1. The quantitative estimate of drug-likeness (QED) is 0.758. The van der Waals surface area contributed by atoms with Crippen molar-refractivity contribution in [3.63, 3.8) is 0 Å². The SMILES string of the molecule is CC(C)(CCO)Nc1ccc(C(=O)O)c(F)c1F. The zero-order valence-electron chi connectivity index (χ0n) is 10.1. The van der Waals surface area contributed by atoms with Gasteiger partial charge >= 0.3 is 5.97 Å². The predicted molar refractivity (Wildman–Crippen MR) is 62.7 cm³/mol. The molecule has 100 valence electrons. The lowest BCUT2D eigenvalue weighted by Crippen LogP contribution is -2.32. The van der Waals surface area contributed by atoms with Crippen LogP contribution in [0.2, 0.25) is 0 Å². The van der Waals surface area contributed by atoms with Crippen molar-refractivity contribution in [1.82, 2.24) is 0 Å². The molecule has 0 saturated heterocycles. The number of carbonyl (C=O) groups is 1. The summed E-state index contributed by atoms with van der Waals surface area (Å²) < 4.78 is 27.1. The van der Waals surface area contributed by atoms with E-state index in [1.54, 1.807) is 13.8 Å². The molecule has 0 bridgehead atoms. The third-order valence-corrected chi connectivity index (χ3v) is 2.52. The summed E-state index contributed by atoms with van der Waals surface area (Å²) in [6.45, 7) is 3.33. The van der Waals surface area contributed by atoms with Crippen molar-refractivity contribution < 1.29 is 23.8 Å². The molecule has 1 aromatic rings. The van der Waals surface area contributed by atoms with Gasteiger partial charge in [0.15, 0.2) is 11.6 Å². The number of benzene rings is 1. The number of carboxylic acids is 1. The Hall–Kier alpha value is -1.69. The molecule has 0 atom stereocenters. The van der Waals surface area contributed by atoms with Crippen molar-refractivity contribution in [2.75, 3.05) is 11.9 Å². The van der Waals surface area contributed by atoms with E-state index < -0.39 is 28.7 Å². The number of aliphatic hydroxyl groups excluding tert-OH is 1. The van der Waals surface area contributed by atoms with E-state index in [4.69, 9.17) is 10.2 Å². The van der Waals surface area contributed by atoms with Crippen LogP contribution in [0.3, 0.4) is 0 Å². The van der Waals surface area contributed by atoms with E-state index in [0.717, 1.165) is 6.07 Å². The van der Waals surface area contributed by atoms with Gasteiger partial charge < -0.3 is 15.5 Å². The van der Waals surface area contributed by atoms with Gasteiger partial charge in [0, 0.05) is 12.1 Å². The molecule has 6 heteroatoms. The first-order chi connectivity index (χ1) is 8.28. The number of nitrogens with one attached hydrogen (secondary N) is 1. The molecule has 0 amide bonds. The first-order valence-corrected chi connectivity index (χ1v) is 5.39. The molecule has 0 heterocycles. The molecular weight excluding hydrogens is 244 g/mol. The van der Waals surface area contributed by atoms with Gasteiger partial charge in [0.05, 0.1) is 11.3 Å². The Morgan fingerprint density at radius 1 is 1.33 bits per heavy atom. The van der Waals surface area contributed by atoms with Crippen LogP contribution in [0.1, 0.15) is 30.6 Å². The summed E-state index contributed by atoms with van der Waals surface area (Å²) in [4.78, 5) is 10.6. The summed E-state index contributed by atoms with van der Waals surface area (Å²) in [5.41, 5.74) is -1.47. The fourth-order valence-corrected chi connectivity index (χ4v) is 1.52. The summed E-state index contributed by atoms with van der Waals surface area (Å²) in [6, 6.07) is 2.17. The molecule has 3 N–H and O–H groups in total. The largest absolute Gasteiger partial charge is 0.478 e. The minimum absolute atomic E-state index is 0.0999. The molecule has 1 rings (SSSR count). The average Bonchev–Trinajstić information content (AvgIpc) is 2.24. The van der Waals surface area contributed by atoms with Gasteiger partial charge in [-0.25, -0.2) is 13.6 Å². The fourth-order valence-electron chi connectivity index (χ4n) is 1.52. The van der Waals surface area contributed by atoms with Crippen molar-refractivity contribution in [1.29, 1.82) is 0 Å². The highest BCUT2D eigenvalue weighted by Crippen LogP contribution is 2.24. The molecule has 0 aliphatic carbocycles. The highest BCUT2D eigenvalue weighted by atomic mass is 19.2. The summed E-state index contributed by atoms with van der Waals surface area (Å²) in [5, 5.41) is 20.2.